The SMILES string of the molecule is C[C@@H]1C(=O)Nc2ccc(S(=O)(=O)N3CCCC3)cc21. The number of benzene rings is 1. The van der Waals surface area contributed by atoms with Crippen LogP contribution in [-0.4, -0.2) is 31.7 Å². The van der Waals surface area contributed by atoms with Crippen molar-refractivity contribution in [3.05, 3.63) is 23.8 Å². The molecule has 19 heavy (non-hydrogen) atoms. The van der Waals surface area contributed by atoms with E-state index in [2.05, 4.69) is 5.32 Å². The summed E-state index contributed by atoms with van der Waals surface area (Å²) in [7, 11) is -3.41. The van der Waals surface area contributed by atoms with Gasteiger partial charge in [0.2, 0.25) is 15.9 Å². The zero-order valence-corrected chi connectivity index (χ0v) is 11.5. The Balaban J connectivity index is 2.01. The molecule has 0 aromatic heterocycles. The minimum Gasteiger partial charge on any atom is -0.325 e. The molecule has 2 aliphatic rings. The molecule has 1 aromatic rings. The van der Waals surface area contributed by atoms with E-state index in [4.69, 9.17) is 0 Å². The number of hydrogen-bond donors (Lipinski definition) is 1. The number of carbonyl (C=O) groups excluding carboxylic acids is 1. The van der Waals surface area contributed by atoms with Gasteiger partial charge in [0.1, 0.15) is 0 Å². The van der Waals surface area contributed by atoms with Gasteiger partial charge in [0.05, 0.1) is 10.8 Å². The van der Waals surface area contributed by atoms with E-state index < -0.39 is 10.0 Å². The van der Waals surface area contributed by atoms with Crippen LogP contribution in [0.2, 0.25) is 0 Å². The Morgan fingerprint density at radius 1 is 1.26 bits per heavy atom. The highest BCUT2D eigenvalue weighted by molar-refractivity contribution is 7.89. The van der Waals surface area contributed by atoms with Gasteiger partial charge in [0.25, 0.3) is 0 Å². The van der Waals surface area contributed by atoms with Gasteiger partial charge in [-0.15, -0.1) is 0 Å². The highest BCUT2D eigenvalue weighted by Gasteiger charge is 2.31. The Labute approximate surface area is 112 Å². The smallest absolute Gasteiger partial charge is 0.243 e. The van der Waals surface area contributed by atoms with Crippen LogP contribution in [0.1, 0.15) is 31.2 Å². The first-order valence-corrected chi connectivity index (χ1v) is 7.89. The fourth-order valence-electron chi connectivity index (χ4n) is 2.63. The number of nitrogens with one attached hydrogen (secondary N) is 1. The van der Waals surface area contributed by atoms with E-state index in [1.807, 2.05) is 0 Å². The molecule has 0 aliphatic carbocycles. The Bertz CT molecular complexity index is 633. The molecular weight excluding hydrogens is 264 g/mol. The second kappa shape index (κ2) is 4.31. The molecule has 1 atom stereocenters. The summed E-state index contributed by atoms with van der Waals surface area (Å²) in [5, 5.41) is 2.75. The van der Waals surface area contributed by atoms with Crippen molar-refractivity contribution < 1.29 is 13.2 Å². The van der Waals surface area contributed by atoms with Crippen molar-refractivity contribution in [2.75, 3.05) is 18.4 Å². The average molecular weight is 280 g/mol. The molecule has 0 radical (unpaired) electrons. The lowest BCUT2D eigenvalue weighted by molar-refractivity contribution is -0.116. The van der Waals surface area contributed by atoms with Crippen molar-refractivity contribution in [2.45, 2.75) is 30.6 Å². The second-order valence-corrected chi connectivity index (χ2v) is 7.01. The van der Waals surface area contributed by atoms with Gasteiger partial charge in [-0.2, -0.15) is 4.31 Å². The molecule has 1 saturated heterocycles. The standard InChI is InChI=1S/C13H16N2O3S/c1-9-11-8-10(4-5-12(11)14-13(9)16)19(17,18)15-6-2-3-7-15/h4-5,8-9H,2-3,6-7H2,1H3,(H,14,16)/t9-/m0/s1. The van der Waals surface area contributed by atoms with Crippen molar-refractivity contribution in [1.29, 1.82) is 0 Å². The van der Waals surface area contributed by atoms with Gasteiger partial charge in [0, 0.05) is 18.8 Å². The van der Waals surface area contributed by atoms with Crippen molar-refractivity contribution in [1.82, 2.24) is 4.31 Å². The summed E-state index contributed by atoms with van der Waals surface area (Å²) in [5.41, 5.74) is 1.49. The van der Waals surface area contributed by atoms with Crippen LogP contribution in [0.4, 0.5) is 5.69 Å². The van der Waals surface area contributed by atoms with Crippen LogP contribution in [-0.2, 0) is 14.8 Å². The molecule has 0 unspecified atom stereocenters. The number of amides is 1. The van der Waals surface area contributed by atoms with Crippen molar-refractivity contribution in [2.24, 2.45) is 0 Å². The van der Waals surface area contributed by atoms with Gasteiger partial charge < -0.3 is 5.32 Å². The van der Waals surface area contributed by atoms with E-state index >= 15 is 0 Å². The number of carbonyl (C=O) groups is 1. The third-order valence-electron chi connectivity index (χ3n) is 3.84. The number of rotatable bonds is 2. The van der Waals surface area contributed by atoms with Crippen LogP contribution in [0, 0.1) is 0 Å². The lowest BCUT2D eigenvalue weighted by Gasteiger charge is -2.16. The monoisotopic (exact) mass is 280 g/mol. The van der Waals surface area contributed by atoms with E-state index in [9.17, 15) is 13.2 Å². The Hall–Kier alpha value is -1.40. The largest absolute Gasteiger partial charge is 0.325 e. The first kappa shape index (κ1) is 12.6. The van der Waals surface area contributed by atoms with E-state index in [1.54, 1.807) is 25.1 Å². The predicted octanol–water partition coefficient (Wildman–Crippen LogP) is 1.53. The Kier molecular flexibility index (Phi) is 2.87. The zero-order valence-electron chi connectivity index (χ0n) is 10.7. The van der Waals surface area contributed by atoms with Gasteiger partial charge >= 0.3 is 0 Å². The van der Waals surface area contributed by atoms with Crippen LogP contribution in [0.15, 0.2) is 23.1 Å². The third-order valence-corrected chi connectivity index (χ3v) is 5.74. The molecule has 102 valence electrons. The average Bonchev–Trinajstić information content (AvgIpc) is 3.00. The summed E-state index contributed by atoms with van der Waals surface area (Å²) in [5.74, 6) is -0.366. The fraction of sp³-hybridized carbons (Fsp3) is 0.462. The Morgan fingerprint density at radius 3 is 2.63 bits per heavy atom. The highest BCUT2D eigenvalue weighted by atomic mass is 32.2. The van der Waals surface area contributed by atoms with Crippen molar-refractivity contribution >= 4 is 21.6 Å². The van der Waals surface area contributed by atoms with Gasteiger partial charge in [-0.1, -0.05) is 0 Å². The lowest BCUT2D eigenvalue weighted by atomic mass is 10.0. The van der Waals surface area contributed by atoms with Crippen LogP contribution < -0.4 is 5.32 Å². The number of anilines is 1. The topological polar surface area (TPSA) is 66.5 Å². The molecule has 5 nitrogen and oxygen atoms in total. The lowest BCUT2D eigenvalue weighted by Crippen LogP contribution is -2.27. The molecule has 0 saturated carbocycles. The van der Waals surface area contributed by atoms with Gasteiger partial charge in [-0.05, 0) is 43.5 Å². The number of nitrogens with zero attached hydrogens (tertiary/aromatic N) is 1. The molecule has 2 aliphatic heterocycles. The van der Waals surface area contributed by atoms with Crippen LogP contribution in [0.25, 0.3) is 0 Å². The molecule has 3 rings (SSSR count). The van der Waals surface area contributed by atoms with Gasteiger partial charge in [-0.25, -0.2) is 8.42 Å². The second-order valence-electron chi connectivity index (χ2n) is 5.07. The van der Waals surface area contributed by atoms with Crippen molar-refractivity contribution in [3.8, 4) is 0 Å². The summed E-state index contributed by atoms with van der Waals surface area (Å²) >= 11 is 0. The van der Waals surface area contributed by atoms with E-state index in [1.165, 1.54) is 4.31 Å². The predicted molar refractivity (Wildman–Crippen MR) is 71.5 cm³/mol. The molecule has 1 aromatic carbocycles. The molecule has 0 spiro atoms. The van der Waals surface area contributed by atoms with E-state index in [0.29, 0.717) is 13.1 Å². The minimum absolute atomic E-state index is 0.0780. The molecule has 1 amide bonds. The number of sulfonamides is 1. The first-order valence-electron chi connectivity index (χ1n) is 6.45. The molecule has 0 bridgehead atoms. The third kappa shape index (κ3) is 1.95. The van der Waals surface area contributed by atoms with Crippen LogP contribution >= 0.6 is 0 Å². The molecule has 1 N–H and O–H groups in total. The van der Waals surface area contributed by atoms with E-state index in [-0.39, 0.29) is 16.7 Å². The molecule has 2 heterocycles. The normalized spacial score (nSPS) is 23.4. The number of hydrogen-bond acceptors (Lipinski definition) is 3. The summed E-state index contributed by atoms with van der Waals surface area (Å²) in [4.78, 5) is 11.9. The molecular formula is C13H16N2O3S. The quantitative estimate of drug-likeness (QED) is 0.893. The van der Waals surface area contributed by atoms with Crippen LogP contribution in [0.5, 0.6) is 0 Å². The van der Waals surface area contributed by atoms with E-state index in [0.717, 1.165) is 24.1 Å². The summed E-state index contributed by atoms with van der Waals surface area (Å²) in [6.45, 7) is 2.96. The fourth-order valence-corrected chi connectivity index (χ4v) is 4.19. The minimum atomic E-state index is -3.41. The van der Waals surface area contributed by atoms with Crippen LogP contribution in [0.3, 0.4) is 0 Å². The molecule has 6 heteroatoms. The molecule has 1 fully saturated rings. The maximum Gasteiger partial charge on any atom is 0.243 e. The summed E-state index contributed by atoms with van der Waals surface area (Å²) in [6.07, 6.45) is 1.83. The van der Waals surface area contributed by atoms with Gasteiger partial charge in [0.15, 0.2) is 0 Å². The van der Waals surface area contributed by atoms with Crippen molar-refractivity contribution in [3.63, 3.8) is 0 Å². The Morgan fingerprint density at radius 2 is 1.95 bits per heavy atom. The summed E-state index contributed by atoms with van der Waals surface area (Å²) < 4.78 is 26.4. The summed E-state index contributed by atoms with van der Waals surface area (Å²) in [6, 6.07) is 4.88. The maximum atomic E-state index is 12.4. The number of fused-ring (bicyclic) bond motifs is 1. The highest BCUT2D eigenvalue weighted by Crippen LogP contribution is 2.34. The zero-order chi connectivity index (χ0) is 13.6. The maximum absolute atomic E-state index is 12.4. The van der Waals surface area contributed by atoms with Gasteiger partial charge in [-0.3, -0.25) is 4.79 Å². The first-order chi connectivity index (χ1) is 9.00.